The summed E-state index contributed by atoms with van der Waals surface area (Å²) in [5.41, 5.74) is 15.4. The number of carbonyl (C=O) groups is 2. The molecule has 4 aromatic rings. The Labute approximate surface area is 206 Å². The van der Waals surface area contributed by atoms with E-state index >= 15 is 0 Å². The van der Waals surface area contributed by atoms with Crippen molar-refractivity contribution in [3.63, 3.8) is 0 Å². The number of aromatic amines is 1. The summed E-state index contributed by atoms with van der Waals surface area (Å²) < 4.78 is 38.4. The fourth-order valence-electron chi connectivity index (χ4n) is 3.96. The van der Waals surface area contributed by atoms with Crippen LogP contribution >= 0.6 is 0 Å². The van der Waals surface area contributed by atoms with Crippen molar-refractivity contribution in [3.05, 3.63) is 30.1 Å². The van der Waals surface area contributed by atoms with Crippen molar-refractivity contribution in [1.82, 2.24) is 34.7 Å². The van der Waals surface area contributed by atoms with Gasteiger partial charge in [0, 0.05) is 38.1 Å². The molecule has 1 atom stereocenters. The summed E-state index contributed by atoms with van der Waals surface area (Å²) in [6, 6.07) is 3.77. The minimum Gasteiger partial charge on any atom is -0.475 e. The van der Waals surface area contributed by atoms with E-state index in [1.807, 2.05) is 29.8 Å². The molecule has 0 radical (unpaired) electrons. The summed E-state index contributed by atoms with van der Waals surface area (Å²) in [4.78, 5) is 36.5. The van der Waals surface area contributed by atoms with Crippen LogP contribution in [0, 0.1) is 0 Å². The number of nitrogen functional groups attached to an aromatic ring is 1. The summed E-state index contributed by atoms with van der Waals surface area (Å²) in [5, 5.41) is 14.7. The average molecular weight is 521 g/mol. The van der Waals surface area contributed by atoms with Crippen LogP contribution in [0.15, 0.2) is 29.2 Å². The zero-order chi connectivity index (χ0) is 26.9. The number of H-pyrrole nitrogens is 1. The molecule has 5 heterocycles. The Kier molecular flexibility index (Phi) is 6.84. The molecule has 4 aromatic heterocycles. The number of halogens is 3. The number of alkyl halides is 3. The second kappa shape index (κ2) is 9.88. The first kappa shape index (κ1) is 25.6. The van der Waals surface area contributed by atoms with Crippen molar-refractivity contribution >= 4 is 28.7 Å². The molecule has 196 valence electrons. The van der Waals surface area contributed by atoms with Crippen LogP contribution in [0.5, 0.6) is 0 Å². The van der Waals surface area contributed by atoms with Gasteiger partial charge < -0.3 is 31.0 Å². The van der Waals surface area contributed by atoms with Gasteiger partial charge >= 0.3 is 12.1 Å². The molecule has 1 saturated heterocycles. The molecule has 5 rings (SSSR count). The normalized spacial score (nSPS) is 15.6. The maximum Gasteiger partial charge on any atom is 0.490 e. The van der Waals surface area contributed by atoms with Crippen LogP contribution in [0.25, 0.3) is 33.9 Å². The summed E-state index contributed by atoms with van der Waals surface area (Å²) >= 11 is 0. The molecule has 1 aliphatic rings. The number of carboxylic acid groups (broad SMARTS) is 1. The van der Waals surface area contributed by atoms with Gasteiger partial charge in [-0.1, -0.05) is 0 Å². The first-order valence-corrected chi connectivity index (χ1v) is 11.0. The second-order valence-corrected chi connectivity index (χ2v) is 8.08. The standard InChI is InChI=1S/C19H21N9O2.C2HF3O2/c1-2-28-16-11(19(29)27-7-5-10(20)9-27)8-23-13(12-4-3-6-22-12)14(16)24-18(28)15-17(21)26-30-25-15;3-2(4,5)1(6)7/h3-4,6,8,10,22H,2,5,7,9,20H2,1H3,(H2,21,26);(H,6,7). The molecule has 6 N–H and O–H groups in total. The van der Waals surface area contributed by atoms with Crippen LogP contribution in [-0.2, 0) is 11.3 Å². The van der Waals surface area contributed by atoms with Gasteiger partial charge in [0.15, 0.2) is 17.3 Å². The van der Waals surface area contributed by atoms with E-state index in [4.69, 9.17) is 31.0 Å². The van der Waals surface area contributed by atoms with Crippen LogP contribution in [0.2, 0.25) is 0 Å². The first-order chi connectivity index (χ1) is 17.5. The Bertz CT molecular complexity index is 1430. The zero-order valence-corrected chi connectivity index (χ0v) is 19.4. The number of carbonyl (C=O) groups excluding carboxylic acids is 1. The van der Waals surface area contributed by atoms with E-state index in [0.717, 1.165) is 12.1 Å². The number of fused-ring (bicyclic) bond motifs is 1. The van der Waals surface area contributed by atoms with Gasteiger partial charge in [-0.05, 0) is 35.8 Å². The Morgan fingerprint density at radius 3 is 2.54 bits per heavy atom. The van der Waals surface area contributed by atoms with E-state index in [-0.39, 0.29) is 17.8 Å². The summed E-state index contributed by atoms with van der Waals surface area (Å²) in [7, 11) is 0. The van der Waals surface area contributed by atoms with Gasteiger partial charge in [0.05, 0.1) is 16.8 Å². The lowest BCUT2D eigenvalue weighted by Gasteiger charge is -2.17. The molecule has 1 unspecified atom stereocenters. The Balaban J connectivity index is 0.000000405. The monoisotopic (exact) mass is 521 g/mol. The number of hydrogen-bond acceptors (Lipinski definition) is 9. The fourth-order valence-corrected chi connectivity index (χ4v) is 3.96. The molecule has 0 spiro atoms. The van der Waals surface area contributed by atoms with Crippen LogP contribution in [-0.4, -0.2) is 77.0 Å². The predicted octanol–water partition coefficient (Wildman–Crippen LogP) is 1.89. The molecule has 1 amide bonds. The average Bonchev–Trinajstić information content (AvgIpc) is 3.64. The number of carboxylic acids is 1. The van der Waals surface area contributed by atoms with Crippen molar-refractivity contribution in [3.8, 4) is 22.9 Å². The van der Waals surface area contributed by atoms with Crippen LogP contribution in [0.3, 0.4) is 0 Å². The van der Waals surface area contributed by atoms with Gasteiger partial charge in [-0.3, -0.25) is 9.78 Å². The Hall–Kier alpha value is -4.47. The first-order valence-electron chi connectivity index (χ1n) is 11.0. The Morgan fingerprint density at radius 1 is 1.30 bits per heavy atom. The van der Waals surface area contributed by atoms with E-state index in [0.29, 0.717) is 53.4 Å². The van der Waals surface area contributed by atoms with Crippen molar-refractivity contribution in [2.75, 3.05) is 18.8 Å². The lowest BCUT2D eigenvalue weighted by atomic mass is 10.1. The highest BCUT2D eigenvalue weighted by atomic mass is 19.4. The third-order valence-electron chi connectivity index (χ3n) is 5.65. The molecular weight excluding hydrogens is 499 g/mol. The maximum atomic E-state index is 13.3. The quantitative estimate of drug-likeness (QED) is 0.308. The number of likely N-dealkylation sites (tertiary alicyclic amines) is 1. The molecule has 0 bridgehead atoms. The minimum atomic E-state index is -5.08. The Morgan fingerprint density at radius 2 is 2.03 bits per heavy atom. The van der Waals surface area contributed by atoms with Crippen molar-refractivity contribution < 1.29 is 32.5 Å². The molecule has 37 heavy (non-hydrogen) atoms. The van der Waals surface area contributed by atoms with E-state index in [1.54, 1.807) is 11.1 Å². The highest BCUT2D eigenvalue weighted by Gasteiger charge is 2.38. The lowest BCUT2D eigenvalue weighted by molar-refractivity contribution is -0.192. The van der Waals surface area contributed by atoms with Crippen molar-refractivity contribution in [2.24, 2.45) is 5.73 Å². The number of aliphatic carboxylic acids is 1. The molecule has 16 heteroatoms. The van der Waals surface area contributed by atoms with Gasteiger partial charge in [-0.25, -0.2) is 14.4 Å². The number of rotatable bonds is 4. The number of aryl methyl sites for hydroxylation is 1. The summed E-state index contributed by atoms with van der Waals surface area (Å²) in [6.07, 6.45) is -0.889. The van der Waals surface area contributed by atoms with Gasteiger partial charge in [-0.2, -0.15) is 13.2 Å². The number of nitrogens with zero attached hydrogens (tertiary/aromatic N) is 6. The number of hydrogen-bond donors (Lipinski definition) is 4. The molecule has 1 fully saturated rings. The molecule has 0 aliphatic carbocycles. The molecule has 0 aromatic carbocycles. The minimum absolute atomic E-state index is 0.0109. The number of imidazole rings is 1. The number of pyridine rings is 1. The van der Waals surface area contributed by atoms with E-state index < -0.39 is 12.1 Å². The van der Waals surface area contributed by atoms with Gasteiger partial charge in [0.2, 0.25) is 0 Å². The third kappa shape index (κ3) is 4.95. The number of nitrogens with one attached hydrogen (secondary N) is 1. The number of aromatic nitrogens is 6. The largest absolute Gasteiger partial charge is 0.490 e. The smallest absolute Gasteiger partial charge is 0.475 e. The van der Waals surface area contributed by atoms with Crippen molar-refractivity contribution in [2.45, 2.75) is 32.1 Å². The molecule has 1 aliphatic heterocycles. The van der Waals surface area contributed by atoms with E-state index in [9.17, 15) is 18.0 Å². The number of nitrogens with two attached hydrogens (primary N) is 2. The molecule has 13 nitrogen and oxygen atoms in total. The number of anilines is 1. The van der Waals surface area contributed by atoms with E-state index in [1.165, 1.54) is 0 Å². The SMILES string of the molecule is CCn1c(-c2nonc2N)nc2c(-c3ccc[nH]3)ncc(C(=O)N3CCC(N)C3)c21.O=C(O)C(F)(F)F. The number of amides is 1. The predicted molar refractivity (Wildman–Crippen MR) is 123 cm³/mol. The third-order valence-corrected chi connectivity index (χ3v) is 5.65. The van der Waals surface area contributed by atoms with Crippen LogP contribution < -0.4 is 11.5 Å². The van der Waals surface area contributed by atoms with Gasteiger partial charge in [0.1, 0.15) is 11.2 Å². The molecule has 0 saturated carbocycles. The highest BCUT2D eigenvalue weighted by molar-refractivity contribution is 6.08. The summed E-state index contributed by atoms with van der Waals surface area (Å²) in [5.74, 6) is -2.27. The van der Waals surface area contributed by atoms with Crippen LogP contribution in [0.1, 0.15) is 23.7 Å². The summed E-state index contributed by atoms with van der Waals surface area (Å²) in [6.45, 7) is 3.63. The van der Waals surface area contributed by atoms with Crippen molar-refractivity contribution in [1.29, 1.82) is 0 Å². The lowest BCUT2D eigenvalue weighted by Crippen LogP contribution is -2.32. The fraction of sp³-hybridized carbons (Fsp3) is 0.333. The highest BCUT2D eigenvalue weighted by Crippen LogP contribution is 2.33. The zero-order valence-electron chi connectivity index (χ0n) is 19.4. The van der Waals surface area contributed by atoms with E-state index in [2.05, 4.69) is 20.3 Å². The maximum absolute atomic E-state index is 13.3. The van der Waals surface area contributed by atoms with Gasteiger partial charge in [0.25, 0.3) is 5.91 Å². The second-order valence-electron chi connectivity index (χ2n) is 8.08. The topological polar surface area (TPSA) is 195 Å². The molecular formula is C21H22F3N9O4. The van der Waals surface area contributed by atoms with Gasteiger partial charge in [-0.15, -0.1) is 0 Å². The van der Waals surface area contributed by atoms with Crippen LogP contribution in [0.4, 0.5) is 19.0 Å².